The van der Waals surface area contributed by atoms with Crippen LogP contribution in [0.2, 0.25) is 0 Å². The van der Waals surface area contributed by atoms with Crippen LogP contribution in [-0.2, 0) is 11.3 Å². The highest BCUT2D eigenvalue weighted by Gasteiger charge is 2.36. The molecule has 0 spiro atoms. The van der Waals surface area contributed by atoms with Gasteiger partial charge in [0.2, 0.25) is 0 Å². The topological polar surface area (TPSA) is 46.6 Å². The second kappa shape index (κ2) is 7.66. The Bertz CT molecular complexity index is 1010. The molecule has 0 aromatic heterocycles. The van der Waals surface area contributed by atoms with Crippen molar-refractivity contribution in [1.29, 1.82) is 0 Å². The molecule has 2 atom stereocenters. The molecule has 1 heterocycles. The van der Waals surface area contributed by atoms with Gasteiger partial charge >= 0.3 is 11.3 Å². The summed E-state index contributed by atoms with van der Waals surface area (Å²) in [6, 6.07) is 23.6. The molecule has 4 rings (SSSR count). The molecule has 4 nitrogen and oxygen atoms in total. The number of halogens is 1. The van der Waals surface area contributed by atoms with E-state index in [4.69, 9.17) is 4.18 Å². The third kappa shape index (κ3) is 3.68. The van der Waals surface area contributed by atoms with Crippen LogP contribution in [0.5, 0.6) is 5.75 Å². The minimum absolute atomic E-state index is 0.0311. The first-order valence-electron chi connectivity index (χ1n) is 8.45. The minimum atomic E-state index is -1.81. The third-order valence-corrected chi connectivity index (χ3v) is 6.01. The number of carbonyl (C=O) groups excluding carboxylic acids is 1. The molecule has 136 valence electrons. The lowest BCUT2D eigenvalue weighted by Crippen LogP contribution is -2.38. The van der Waals surface area contributed by atoms with Crippen molar-refractivity contribution in [1.82, 2.24) is 0 Å². The predicted molar refractivity (Wildman–Crippen MR) is 110 cm³/mol. The second-order valence-electron chi connectivity index (χ2n) is 6.15. The average Bonchev–Trinajstić information content (AvgIpc) is 2.68. The number of carbonyl (C=O) groups is 1. The molecule has 1 aliphatic rings. The Morgan fingerprint density at radius 1 is 0.963 bits per heavy atom. The number of fused-ring (bicyclic) bond motifs is 1. The Hall–Kier alpha value is -2.44. The molecule has 1 aliphatic heterocycles. The number of anilines is 1. The van der Waals surface area contributed by atoms with Crippen LogP contribution in [0, 0.1) is 0 Å². The Balaban J connectivity index is 1.78. The summed E-state index contributed by atoms with van der Waals surface area (Å²) in [5, 5.41) is 0. The number of ketones is 1. The van der Waals surface area contributed by atoms with Crippen molar-refractivity contribution in [3.63, 3.8) is 0 Å². The highest BCUT2D eigenvalue weighted by Crippen LogP contribution is 2.40. The van der Waals surface area contributed by atoms with E-state index in [1.807, 2.05) is 60.7 Å². The fraction of sp³-hybridized carbons (Fsp3) is 0.0952. The maximum absolute atomic E-state index is 13.2. The molecule has 27 heavy (non-hydrogen) atoms. The summed E-state index contributed by atoms with van der Waals surface area (Å²) in [6.45, 7) is 0. The number of nitrogens with zero attached hydrogens (tertiary/aromatic N) is 1. The van der Waals surface area contributed by atoms with Crippen molar-refractivity contribution in [2.45, 2.75) is 12.5 Å². The molecular formula is C21H16BrNO3S. The molecule has 0 bridgehead atoms. The van der Waals surface area contributed by atoms with Gasteiger partial charge in [-0.05, 0) is 42.0 Å². The Kier molecular flexibility index (Phi) is 5.09. The predicted octanol–water partition coefficient (Wildman–Crippen LogP) is 5.24. The standard InChI is InChI=1S/C21H16BrNO3S/c22-16-8-6-7-15(13-16)20-14-21(24)18-11-4-5-12-19(18)23(20)27(25)26-17-9-2-1-3-10-17/h1-13,20H,14H2/t20-,27-/m1/s1. The van der Waals surface area contributed by atoms with Crippen LogP contribution in [0.15, 0.2) is 83.3 Å². The minimum Gasteiger partial charge on any atom is -0.385 e. The Labute approximate surface area is 168 Å². The first kappa shape index (κ1) is 17.9. The van der Waals surface area contributed by atoms with Gasteiger partial charge in [0.15, 0.2) is 5.78 Å². The lowest BCUT2D eigenvalue weighted by atomic mass is 9.92. The number of para-hydroxylation sites is 2. The quantitative estimate of drug-likeness (QED) is 0.555. The third-order valence-electron chi connectivity index (χ3n) is 4.41. The van der Waals surface area contributed by atoms with E-state index in [-0.39, 0.29) is 18.2 Å². The van der Waals surface area contributed by atoms with E-state index in [9.17, 15) is 9.00 Å². The largest absolute Gasteiger partial charge is 0.385 e. The van der Waals surface area contributed by atoms with Crippen LogP contribution in [0.25, 0.3) is 0 Å². The van der Waals surface area contributed by atoms with Crippen molar-refractivity contribution >= 4 is 38.7 Å². The van der Waals surface area contributed by atoms with Crippen LogP contribution >= 0.6 is 15.9 Å². The number of rotatable bonds is 4. The lowest BCUT2D eigenvalue weighted by Gasteiger charge is -2.36. The average molecular weight is 442 g/mol. The normalized spacial score (nSPS) is 17.3. The highest BCUT2D eigenvalue weighted by atomic mass is 79.9. The summed E-state index contributed by atoms with van der Waals surface area (Å²) in [4.78, 5) is 12.7. The van der Waals surface area contributed by atoms with Gasteiger partial charge in [-0.2, -0.15) is 4.21 Å². The molecular weight excluding hydrogens is 426 g/mol. The van der Waals surface area contributed by atoms with Gasteiger partial charge in [-0.1, -0.05) is 58.4 Å². The summed E-state index contributed by atoms with van der Waals surface area (Å²) >= 11 is 1.67. The molecule has 0 fully saturated rings. The van der Waals surface area contributed by atoms with E-state index in [2.05, 4.69) is 15.9 Å². The molecule has 0 amide bonds. The SMILES string of the molecule is O=C1C[C@H](c2cccc(Br)c2)N([S@](=O)Oc2ccccc2)c2ccccc21. The van der Waals surface area contributed by atoms with E-state index < -0.39 is 11.3 Å². The zero-order chi connectivity index (χ0) is 18.8. The fourth-order valence-corrected chi connectivity index (χ4v) is 4.68. The van der Waals surface area contributed by atoms with Crippen molar-refractivity contribution in [3.05, 3.63) is 94.5 Å². The first-order valence-corrected chi connectivity index (χ1v) is 10.3. The van der Waals surface area contributed by atoms with Crippen molar-refractivity contribution < 1.29 is 13.2 Å². The molecule has 0 N–H and O–H groups in total. The van der Waals surface area contributed by atoms with E-state index in [1.54, 1.807) is 22.5 Å². The van der Waals surface area contributed by atoms with Gasteiger partial charge in [0.05, 0.1) is 11.7 Å². The summed E-state index contributed by atoms with van der Waals surface area (Å²) in [7, 11) is 0. The van der Waals surface area contributed by atoms with Crippen LogP contribution < -0.4 is 8.49 Å². The molecule has 0 aliphatic carbocycles. The molecule has 0 unspecified atom stereocenters. The Morgan fingerprint density at radius 3 is 2.48 bits per heavy atom. The van der Waals surface area contributed by atoms with Crippen LogP contribution in [0.3, 0.4) is 0 Å². The van der Waals surface area contributed by atoms with Crippen molar-refractivity contribution in [2.75, 3.05) is 4.31 Å². The maximum atomic E-state index is 13.2. The molecule has 3 aromatic rings. The van der Waals surface area contributed by atoms with E-state index in [1.165, 1.54) is 0 Å². The van der Waals surface area contributed by atoms with Gasteiger partial charge in [0.25, 0.3) is 0 Å². The number of hydrogen-bond donors (Lipinski definition) is 0. The fourth-order valence-electron chi connectivity index (χ4n) is 3.19. The smallest absolute Gasteiger partial charge is 0.319 e. The van der Waals surface area contributed by atoms with Crippen molar-refractivity contribution in [2.24, 2.45) is 0 Å². The zero-order valence-electron chi connectivity index (χ0n) is 14.2. The second-order valence-corrected chi connectivity index (χ2v) is 8.06. The van der Waals surface area contributed by atoms with Gasteiger partial charge in [-0.25, -0.2) is 0 Å². The van der Waals surface area contributed by atoms with Crippen LogP contribution in [0.1, 0.15) is 28.4 Å². The highest BCUT2D eigenvalue weighted by molar-refractivity contribution is 9.10. The summed E-state index contributed by atoms with van der Waals surface area (Å²) in [5.74, 6) is 0.543. The lowest BCUT2D eigenvalue weighted by molar-refractivity contribution is 0.0969. The van der Waals surface area contributed by atoms with Gasteiger partial charge in [0, 0.05) is 16.5 Å². The summed E-state index contributed by atoms with van der Waals surface area (Å²) < 4.78 is 21.5. The van der Waals surface area contributed by atoms with Gasteiger partial charge in [-0.15, -0.1) is 0 Å². The number of hydrogen-bond acceptors (Lipinski definition) is 3. The van der Waals surface area contributed by atoms with Crippen LogP contribution in [-0.4, -0.2) is 9.99 Å². The summed E-state index contributed by atoms with van der Waals surface area (Å²) in [6.07, 6.45) is 0.233. The van der Waals surface area contributed by atoms with Gasteiger partial charge in [0.1, 0.15) is 5.75 Å². The maximum Gasteiger partial charge on any atom is 0.319 e. The molecule has 6 heteroatoms. The first-order chi connectivity index (χ1) is 13.1. The van der Waals surface area contributed by atoms with Gasteiger partial charge < -0.3 is 4.18 Å². The molecule has 3 aromatic carbocycles. The summed E-state index contributed by atoms with van der Waals surface area (Å²) in [5.41, 5.74) is 2.08. The number of benzene rings is 3. The van der Waals surface area contributed by atoms with E-state index >= 15 is 0 Å². The molecule has 0 radical (unpaired) electrons. The number of Topliss-reactive ketones (excluding diaryl/α,β-unsaturated/α-hetero) is 1. The molecule has 0 saturated heterocycles. The van der Waals surface area contributed by atoms with Crippen molar-refractivity contribution in [3.8, 4) is 5.75 Å². The van der Waals surface area contributed by atoms with E-state index in [0.29, 0.717) is 17.0 Å². The monoisotopic (exact) mass is 441 g/mol. The molecule has 0 saturated carbocycles. The van der Waals surface area contributed by atoms with Crippen LogP contribution in [0.4, 0.5) is 5.69 Å². The van der Waals surface area contributed by atoms with Gasteiger partial charge in [-0.3, -0.25) is 9.10 Å². The Morgan fingerprint density at radius 2 is 1.70 bits per heavy atom. The van der Waals surface area contributed by atoms with E-state index in [0.717, 1.165) is 10.0 Å². The zero-order valence-corrected chi connectivity index (χ0v) is 16.7.